The van der Waals surface area contributed by atoms with Crippen molar-refractivity contribution < 1.29 is 22.6 Å². The van der Waals surface area contributed by atoms with Crippen LogP contribution in [0.15, 0.2) is 6.20 Å². The van der Waals surface area contributed by atoms with Crippen molar-refractivity contribution in [2.75, 3.05) is 64.3 Å². The van der Waals surface area contributed by atoms with Gasteiger partial charge in [-0.3, -0.25) is 0 Å². The van der Waals surface area contributed by atoms with Crippen LogP contribution in [0.5, 0.6) is 0 Å². The summed E-state index contributed by atoms with van der Waals surface area (Å²) in [4.78, 5) is 11.0. The second-order valence-electron chi connectivity index (χ2n) is 7.78. The third-order valence-electron chi connectivity index (χ3n) is 5.64. The zero-order valence-corrected chi connectivity index (χ0v) is 17.3. The average molecular weight is 413 g/mol. The van der Waals surface area contributed by atoms with Gasteiger partial charge in [-0.2, -0.15) is 0 Å². The molecule has 2 fully saturated rings. The van der Waals surface area contributed by atoms with Gasteiger partial charge in [-0.05, 0) is 24.8 Å². The van der Waals surface area contributed by atoms with Crippen LogP contribution in [-0.2, 0) is 36.3 Å². The molecular formula is C18H28N4O5S. The Balaban J connectivity index is 1.49. The second kappa shape index (κ2) is 7.83. The van der Waals surface area contributed by atoms with E-state index < -0.39 is 21.7 Å². The summed E-state index contributed by atoms with van der Waals surface area (Å²) in [6.07, 6.45) is 3.45. The third kappa shape index (κ3) is 3.88. The van der Waals surface area contributed by atoms with Crippen molar-refractivity contribution in [3.63, 3.8) is 0 Å². The summed E-state index contributed by atoms with van der Waals surface area (Å²) in [6, 6.07) is 0. The van der Waals surface area contributed by atoms with Crippen LogP contribution in [0.4, 0.5) is 5.95 Å². The van der Waals surface area contributed by atoms with Crippen LogP contribution in [0.3, 0.4) is 0 Å². The lowest BCUT2D eigenvalue weighted by molar-refractivity contribution is -0.0932. The van der Waals surface area contributed by atoms with Gasteiger partial charge in [0, 0.05) is 33.4 Å². The number of nitrogens with zero attached hydrogens (tertiary/aromatic N) is 4. The quantitative estimate of drug-likeness (QED) is 0.690. The molecule has 1 aromatic rings. The number of sulfonamides is 1. The SMILES string of the molecule is CN(C)c1ncc2c(n1)C1(CCN(S(=O)(=O)CC3COCCO3)CC1)OCC2. The molecular weight excluding hydrogens is 384 g/mol. The maximum absolute atomic E-state index is 12.8. The van der Waals surface area contributed by atoms with Crippen LogP contribution in [0.1, 0.15) is 24.1 Å². The maximum Gasteiger partial charge on any atom is 0.225 e. The molecule has 28 heavy (non-hydrogen) atoms. The Kier molecular flexibility index (Phi) is 5.58. The zero-order chi connectivity index (χ0) is 19.8. The summed E-state index contributed by atoms with van der Waals surface area (Å²) in [6.45, 7) is 2.74. The molecule has 0 aromatic carbocycles. The van der Waals surface area contributed by atoms with Gasteiger partial charge in [0.05, 0.1) is 44.0 Å². The lowest BCUT2D eigenvalue weighted by Gasteiger charge is -2.43. The van der Waals surface area contributed by atoms with Gasteiger partial charge in [0.15, 0.2) is 0 Å². The number of hydrogen-bond acceptors (Lipinski definition) is 8. The molecule has 1 aromatic heterocycles. The first-order valence-corrected chi connectivity index (χ1v) is 11.4. The highest BCUT2D eigenvalue weighted by Gasteiger charge is 2.45. The topological polar surface area (TPSA) is 94.1 Å². The molecule has 4 heterocycles. The van der Waals surface area contributed by atoms with Gasteiger partial charge in [-0.15, -0.1) is 0 Å². The number of ether oxygens (including phenoxy) is 3. The minimum Gasteiger partial charge on any atom is -0.376 e. The van der Waals surface area contributed by atoms with Gasteiger partial charge in [-0.1, -0.05) is 0 Å². The van der Waals surface area contributed by atoms with Gasteiger partial charge in [0.2, 0.25) is 16.0 Å². The first-order chi connectivity index (χ1) is 13.4. The Morgan fingerprint density at radius 3 is 2.71 bits per heavy atom. The molecule has 0 saturated carbocycles. The highest BCUT2D eigenvalue weighted by atomic mass is 32.2. The minimum absolute atomic E-state index is 0.0373. The molecule has 0 aliphatic carbocycles. The van der Waals surface area contributed by atoms with Crippen molar-refractivity contribution in [3.05, 3.63) is 17.5 Å². The fraction of sp³-hybridized carbons (Fsp3) is 0.778. The molecule has 1 spiro atoms. The summed E-state index contributed by atoms with van der Waals surface area (Å²) in [5.74, 6) is 0.609. The smallest absolute Gasteiger partial charge is 0.225 e. The Labute approximate surface area is 166 Å². The van der Waals surface area contributed by atoms with E-state index in [1.165, 1.54) is 0 Å². The molecule has 10 heteroatoms. The number of anilines is 1. The van der Waals surface area contributed by atoms with E-state index in [2.05, 4.69) is 4.98 Å². The van der Waals surface area contributed by atoms with Crippen molar-refractivity contribution in [1.82, 2.24) is 14.3 Å². The monoisotopic (exact) mass is 412 g/mol. The predicted octanol–water partition coefficient (Wildman–Crippen LogP) is 0.152. The first kappa shape index (κ1) is 20.0. The van der Waals surface area contributed by atoms with E-state index in [1.807, 2.05) is 25.2 Å². The third-order valence-corrected chi connectivity index (χ3v) is 7.58. The van der Waals surface area contributed by atoms with Gasteiger partial charge >= 0.3 is 0 Å². The van der Waals surface area contributed by atoms with Crippen molar-refractivity contribution in [1.29, 1.82) is 0 Å². The van der Waals surface area contributed by atoms with Gasteiger partial charge in [0.25, 0.3) is 0 Å². The first-order valence-electron chi connectivity index (χ1n) is 9.74. The minimum atomic E-state index is -3.41. The normalized spacial score (nSPS) is 25.4. The lowest BCUT2D eigenvalue weighted by atomic mass is 9.84. The fourth-order valence-electron chi connectivity index (χ4n) is 4.09. The molecule has 0 N–H and O–H groups in total. The lowest BCUT2D eigenvalue weighted by Crippen LogP contribution is -2.50. The number of piperidine rings is 1. The molecule has 1 atom stereocenters. The molecule has 4 rings (SSSR count). The van der Waals surface area contributed by atoms with E-state index in [1.54, 1.807) is 4.31 Å². The summed E-state index contributed by atoms with van der Waals surface area (Å²) >= 11 is 0. The van der Waals surface area contributed by atoms with Crippen molar-refractivity contribution in [3.8, 4) is 0 Å². The van der Waals surface area contributed by atoms with E-state index in [0.29, 0.717) is 58.3 Å². The van der Waals surface area contributed by atoms with E-state index in [-0.39, 0.29) is 5.75 Å². The summed E-state index contributed by atoms with van der Waals surface area (Å²) in [5, 5.41) is 0. The summed E-state index contributed by atoms with van der Waals surface area (Å²) < 4.78 is 44.3. The number of rotatable bonds is 4. The largest absolute Gasteiger partial charge is 0.376 e. The fourth-order valence-corrected chi connectivity index (χ4v) is 5.71. The van der Waals surface area contributed by atoms with Gasteiger partial charge < -0.3 is 19.1 Å². The molecule has 0 amide bonds. The summed E-state index contributed by atoms with van der Waals surface area (Å²) in [7, 11) is 0.409. The molecule has 1 unspecified atom stereocenters. The van der Waals surface area contributed by atoms with Crippen LogP contribution < -0.4 is 4.90 Å². The molecule has 0 bridgehead atoms. The Bertz CT molecular complexity index is 802. The second-order valence-corrected chi connectivity index (χ2v) is 9.79. The molecule has 9 nitrogen and oxygen atoms in total. The standard InChI is InChI=1S/C18H28N4O5S/c1-21(2)17-19-11-14-3-8-27-18(16(14)20-17)4-6-22(7-5-18)28(23,24)13-15-12-25-9-10-26-15/h11,15H,3-10,12-13H2,1-2H3. The molecule has 3 aliphatic rings. The van der Waals surface area contributed by atoms with Gasteiger partial charge in [0.1, 0.15) is 5.60 Å². The van der Waals surface area contributed by atoms with Crippen LogP contribution in [-0.4, -0.2) is 88.2 Å². The van der Waals surface area contributed by atoms with E-state index in [0.717, 1.165) is 17.7 Å². The Morgan fingerprint density at radius 1 is 1.25 bits per heavy atom. The predicted molar refractivity (Wildman–Crippen MR) is 103 cm³/mol. The maximum atomic E-state index is 12.8. The molecule has 2 saturated heterocycles. The van der Waals surface area contributed by atoms with E-state index >= 15 is 0 Å². The van der Waals surface area contributed by atoms with Crippen molar-refractivity contribution >= 4 is 16.0 Å². The van der Waals surface area contributed by atoms with Gasteiger partial charge in [-0.25, -0.2) is 22.7 Å². The van der Waals surface area contributed by atoms with Crippen LogP contribution in [0, 0.1) is 0 Å². The van der Waals surface area contributed by atoms with Crippen molar-refractivity contribution in [2.45, 2.75) is 31.0 Å². The number of aromatic nitrogens is 2. The summed E-state index contributed by atoms with van der Waals surface area (Å²) in [5.41, 5.74) is 1.48. The van der Waals surface area contributed by atoms with E-state index in [9.17, 15) is 8.42 Å². The van der Waals surface area contributed by atoms with Crippen LogP contribution in [0.2, 0.25) is 0 Å². The Morgan fingerprint density at radius 2 is 2.04 bits per heavy atom. The van der Waals surface area contributed by atoms with E-state index in [4.69, 9.17) is 19.2 Å². The number of hydrogen-bond donors (Lipinski definition) is 0. The average Bonchev–Trinajstić information content (AvgIpc) is 2.69. The number of fused-ring (bicyclic) bond motifs is 2. The van der Waals surface area contributed by atoms with Crippen molar-refractivity contribution in [2.24, 2.45) is 0 Å². The van der Waals surface area contributed by atoms with Crippen LogP contribution >= 0.6 is 0 Å². The highest BCUT2D eigenvalue weighted by molar-refractivity contribution is 7.89. The zero-order valence-electron chi connectivity index (χ0n) is 16.5. The molecule has 0 radical (unpaired) electrons. The molecule has 156 valence electrons. The molecule has 3 aliphatic heterocycles. The van der Waals surface area contributed by atoms with Crippen LogP contribution in [0.25, 0.3) is 0 Å². The highest BCUT2D eigenvalue weighted by Crippen LogP contribution is 2.41. The Hall–Kier alpha value is -1.33.